The van der Waals surface area contributed by atoms with Gasteiger partial charge >= 0.3 is 0 Å². The largest absolute Gasteiger partial charge is 0.484 e. The van der Waals surface area contributed by atoms with Crippen LogP contribution in [0.15, 0.2) is 88.2 Å². The molecule has 6 nitrogen and oxygen atoms in total. The Morgan fingerprint density at radius 1 is 0.875 bits per heavy atom. The zero-order valence-electron chi connectivity index (χ0n) is 17.8. The van der Waals surface area contributed by atoms with Gasteiger partial charge in [-0.3, -0.25) is 4.79 Å². The highest BCUT2D eigenvalue weighted by molar-refractivity contribution is 9.10. The molecule has 0 aliphatic rings. The fraction of sp³-hybridized carbons (Fsp3) is 0.208. The molecule has 0 spiro atoms. The zero-order chi connectivity index (χ0) is 23.1. The number of hydrogen-bond donors (Lipinski definition) is 2. The van der Waals surface area contributed by atoms with E-state index in [4.69, 9.17) is 4.74 Å². The first-order chi connectivity index (χ1) is 15.2. The first-order valence-corrected chi connectivity index (χ1v) is 12.4. The molecule has 0 radical (unpaired) electrons. The van der Waals surface area contributed by atoms with Crippen LogP contribution >= 0.6 is 15.9 Å². The Morgan fingerprint density at radius 3 is 2.09 bits per heavy atom. The van der Waals surface area contributed by atoms with Gasteiger partial charge in [0.15, 0.2) is 6.61 Å². The minimum Gasteiger partial charge on any atom is -0.484 e. The van der Waals surface area contributed by atoms with Crippen LogP contribution in [0, 0.1) is 0 Å². The summed E-state index contributed by atoms with van der Waals surface area (Å²) in [4.78, 5) is 12.3. The number of nitrogens with one attached hydrogen (secondary N) is 2. The monoisotopic (exact) mass is 516 g/mol. The number of carbonyl (C=O) groups excluding carboxylic acids is 1. The van der Waals surface area contributed by atoms with E-state index in [1.807, 2.05) is 61.5 Å². The molecule has 0 saturated carbocycles. The Morgan fingerprint density at radius 2 is 1.47 bits per heavy atom. The third-order valence-corrected chi connectivity index (χ3v) is 6.97. The van der Waals surface area contributed by atoms with Gasteiger partial charge in [0.2, 0.25) is 10.0 Å². The van der Waals surface area contributed by atoms with Crippen molar-refractivity contribution in [3.63, 3.8) is 0 Å². The highest BCUT2D eigenvalue weighted by Crippen LogP contribution is 2.20. The van der Waals surface area contributed by atoms with Crippen molar-refractivity contribution < 1.29 is 17.9 Å². The number of sulfonamides is 1. The van der Waals surface area contributed by atoms with Crippen LogP contribution < -0.4 is 14.8 Å². The molecule has 2 atom stereocenters. The summed E-state index contributed by atoms with van der Waals surface area (Å²) in [6.45, 7) is 3.51. The Hall–Kier alpha value is -2.68. The number of amides is 1. The van der Waals surface area contributed by atoms with Gasteiger partial charge < -0.3 is 10.1 Å². The molecule has 0 fully saturated rings. The predicted molar refractivity (Wildman–Crippen MR) is 128 cm³/mol. The third-order valence-electron chi connectivity index (χ3n) is 4.88. The average molecular weight is 517 g/mol. The van der Waals surface area contributed by atoms with E-state index in [1.165, 1.54) is 24.3 Å². The van der Waals surface area contributed by atoms with E-state index in [0.717, 1.165) is 15.6 Å². The highest BCUT2D eigenvalue weighted by atomic mass is 79.9. The van der Waals surface area contributed by atoms with Crippen molar-refractivity contribution in [1.29, 1.82) is 0 Å². The topological polar surface area (TPSA) is 84.5 Å². The molecule has 0 aliphatic heterocycles. The predicted octanol–water partition coefficient (Wildman–Crippen LogP) is 4.74. The summed E-state index contributed by atoms with van der Waals surface area (Å²) in [5.74, 6) is 0.141. The molecule has 0 saturated heterocycles. The molecule has 0 bridgehead atoms. The van der Waals surface area contributed by atoms with Crippen molar-refractivity contribution in [1.82, 2.24) is 10.0 Å². The molecule has 2 N–H and O–H groups in total. The van der Waals surface area contributed by atoms with E-state index in [1.54, 1.807) is 6.92 Å². The van der Waals surface area contributed by atoms with Crippen molar-refractivity contribution >= 4 is 31.9 Å². The standard InChI is InChI=1S/C24H25BrN2O4S/c1-17(20-8-10-21(25)11-9-20)26-24(28)16-31-22-12-14-23(15-13-22)32(29,30)27-18(2)19-6-4-3-5-7-19/h3-15,17-18,27H,16H2,1-2H3,(H,26,28)/t17-,18+/m1/s1. The van der Waals surface area contributed by atoms with Gasteiger partial charge in [-0.1, -0.05) is 58.4 Å². The molecule has 0 unspecified atom stereocenters. The van der Waals surface area contributed by atoms with Crippen molar-refractivity contribution in [2.24, 2.45) is 0 Å². The van der Waals surface area contributed by atoms with Crippen LogP contribution in [0.3, 0.4) is 0 Å². The van der Waals surface area contributed by atoms with Crippen LogP contribution in [-0.2, 0) is 14.8 Å². The second kappa shape index (κ2) is 10.8. The van der Waals surface area contributed by atoms with E-state index in [2.05, 4.69) is 26.0 Å². The zero-order valence-corrected chi connectivity index (χ0v) is 20.2. The number of benzene rings is 3. The molecule has 168 valence electrons. The fourth-order valence-corrected chi connectivity index (χ4v) is 4.59. The lowest BCUT2D eigenvalue weighted by molar-refractivity contribution is -0.123. The quantitative estimate of drug-likeness (QED) is 0.429. The second-order valence-corrected chi connectivity index (χ2v) is 9.98. The second-order valence-electron chi connectivity index (χ2n) is 7.35. The Kier molecular flexibility index (Phi) is 8.06. The fourth-order valence-electron chi connectivity index (χ4n) is 3.09. The summed E-state index contributed by atoms with van der Waals surface area (Å²) in [5, 5.41) is 2.87. The summed E-state index contributed by atoms with van der Waals surface area (Å²) in [6, 6.07) is 22.5. The van der Waals surface area contributed by atoms with Gasteiger partial charge in [0.25, 0.3) is 5.91 Å². The van der Waals surface area contributed by atoms with E-state index >= 15 is 0 Å². The molecule has 3 aromatic carbocycles. The summed E-state index contributed by atoms with van der Waals surface area (Å²) in [7, 11) is -3.69. The molecule has 3 rings (SSSR count). The van der Waals surface area contributed by atoms with Gasteiger partial charge in [0.05, 0.1) is 10.9 Å². The maximum absolute atomic E-state index is 12.7. The molecule has 0 heterocycles. The van der Waals surface area contributed by atoms with Gasteiger partial charge in [-0.05, 0) is 61.4 Å². The Labute approximate surface area is 197 Å². The van der Waals surface area contributed by atoms with Crippen molar-refractivity contribution in [2.75, 3.05) is 6.61 Å². The van der Waals surface area contributed by atoms with Crippen molar-refractivity contribution in [2.45, 2.75) is 30.8 Å². The number of hydrogen-bond acceptors (Lipinski definition) is 4. The molecule has 32 heavy (non-hydrogen) atoms. The maximum Gasteiger partial charge on any atom is 0.258 e. The van der Waals surface area contributed by atoms with E-state index in [0.29, 0.717) is 5.75 Å². The van der Waals surface area contributed by atoms with Crippen LogP contribution in [-0.4, -0.2) is 20.9 Å². The Balaban J connectivity index is 1.53. The highest BCUT2D eigenvalue weighted by Gasteiger charge is 2.18. The molecule has 3 aromatic rings. The minimum absolute atomic E-state index is 0.126. The normalized spacial score (nSPS) is 13.2. The van der Waals surface area contributed by atoms with Gasteiger partial charge in [-0.25, -0.2) is 13.1 Å². The van der Waals surface area contributed by atoms with Crippen LogP contribution in [0.2, 0.25) is 0 Å². The Bertz CT molecular complexity index is 1130. The molecule has 0 aliphatic carbocycles. The lowest BCUT2D eigenvalue weighted by Gasteiger charge is -2.16. The summed E-state index contributed by atoms with van der Waals surface area (Å²) >= 11 is 3.39. The van der Waals surface area contributed by atoms with Crippen molar-refractivity contribution in [3.8, 4) is 5.75 Å². The van der Waals surface area contributed by atoms with Crippen molar-refractivity contribution in [3.05, 3.63) is 94.5 Å². The van der Waals surface area contributed by atoms with E-state index in [-0.39, 0.29) is 29.5 Å². The first-order valence-electron chi connectivity index (χ1n) is 10.1. The van der Waals surface area contributed by atoms with Gasteiger partial charge in [0, 0.05) is 10.5 Å². The molecular formula is C24H25BrN2O4S. The van der Waals surface area contributed by atoms with Crippen LogP contribution in [0.5, 0.6) is 5.75 Å². The average Bonchev–Trinajstić information content (AvgIpc) is 2.78. The number of carbonyl (C=O) groups is 1. The van der Waals surface area contributed by atoms with Gasteiger partial charge in [-0.2, -0.15) is 0 Å². The molecular weight excluding hydrogens is 492 g/mol. The summed E-state index contributed by atoms with van der Waals surface area (Å²) < 4.78 is 34.4. The third kappa shape index (κ3) is 6.66. The summed E-state index contributed by atoms with van der Waals surface area (Å²) in [6.07, 6.45) is 0. The van der Waals surface area contributed by atoms with E-state index in [9.17, 15) is 13.2 Å². The summed E-state index contributed by atoms with van der Waals surface area (Å²) in [5.41, 5.74) is 1.85. The lowest BCUT2D eigenvalue weighted by Crippen LogP contribution is -2.31. The first kappa shape index (κ1) is 24.0. The molecule has 0 aromatic heterocycles. The number of rotatable bonds is 9. The van der Waals surface area contributed by atoms with Gasteiger partial charge in [0.1, 0.15) is 5.75 Å². The molecule has 1 amide bonds. The van der Waals surface area contributed by atoms with Crippen LogP contribution in [0.1, 0.15) is 37.1 Å². The van der Waals surface area contributed by atoms with Crippen LogP contribution in [0.4, 0.5) is 0 Å². The SMILES string of the molecule is C[C@H](NS(=O)(=O)c1ccc(OCC(=O)N[C@H](C)c2ccc(Br)cc2)cc1)c1ccccc1. The number of ether oxygens (including phenoxy) is 1. The lowest BCUT2D eigenvalue weighted by atomic mass is 10.1. The van der Waals surface area contributed by atoms with Crippen LogP contribution in [0.25, 0.3) is 0 Å². The maximum atomic E-state index is 12.7. The minimum atomic E-state index is -3.69. The van der Waals surface area contributed by atoms with Gasteiger partial charge in [-0.15, -0.1) is 0 Å². The number of halogens is 1. The molecule has 8 heteroatoms. The smallest absolute Gasteiger partial charge is 0.258 e. The van der Waals surface area contributed by atoms with E-state index < -0.39 is 10.0 Å².